The summed E-state index contributed by atoms with van der Waals surface area (Å²) in [6.45, 7) is 4.75. The second-order valence-electron chi connectivity index (χ2n) is 4.29. The normalized spacial score (nSPS) is 12.1. The number of rotatable bonds is 6. The van der Waals surface area contributed by atoms with E-state index in [4.69, 9.17) is 4.74 Å². The van der Waals surface area contributed by atoms with E-state index in [0.29, 0.717) is 11.5 Å². The van der Waals surface area contributed by atoms with E-state index in [1.165, 1.54) is 11.3 Å². The summed E-state index contributed by atoms with van der Waals surface area (Å²) >= 11 is 1.51. The number of sulfone groups is 1. The van der Waals surface area contributed by atoms with Gasteiger partial charge in [-0.05, 0) is 31.5 Å². The Labute approximate surface area is 117 Å². The summed E-state index contributed by atoms with van der Waals surface area (Å²) < 4.78 is 30.5. The number of nitrogens with zero attached hydrogens (tertiary/aromatic N) is 1. The lowest BCUT2D eigenvalue weighted by Gasteiger charge is -2.05. The van der Waals surface area contributed by atoms with Crippen LogP contribution in [0.2, 0.25) is 0 Å². The van der Waals surface area contributed by atoms with Crippen LogP contribution in [0.3, 0.4) is 0 Å². The molecule has 0 saturated heterocycles. The van der Waals surface area contributed by atoms with E-state index in [0.717, 1.165) is 21.6 Å². The summed E-state index contributed by atoms with van der Waals surface area (Å²) in [5.74, 6) is 0.0241. The summed E-state index contributed by atoms with van der Waals surface area (Å²) in [5.41, 5.74) is 0.851. The molecule has 0 radical (unpaired) electrons. The Morgan fingerprint density at radius 2 is 2.11 bits per heavy atom. The molecule has 0 unspecified atom stereocenters. The van der Waals surface area contributed by atoms with Crippen molar-refractivity contribution in [2.75, 3.05) is 19.0 Å². The molecule has 19 heavy (non-hydrogen) atoms. The van der Waals surface area contributed by atoms with Gasteiger partial charge in [0.1, 0.15) is 0 Å². The third kappa shape index (κ3) is 3.52. The maximum Gasteiger partial charge on any atom is 0.180 e. The fourth-order valence-electron chi connectivity index (χ4n) is 1.75. The zero-order valence-corrected chi connectivity index (χ0v) is 12.7. The second-order valence-corrected chi connectivity index (χ2v) is 7.64. The van der Waals surface area contributed by atoms with Gasteiger partial charge in [-0.2, -0.15) is 0 Å². The standard InChI is InChI=1S/C13H17NO3S2/c1-3-6-17-7-8-19(15,16)11-4-5-12-13(9-11)18-10(2)14-12/h4-5,9H,3,6-8H2,1-2H3. The van der Waals surface area contributed by atoms with Crippen molar-refractivity contribution >= 4 is 31.4 Å². The Balaban J connectivity index is 2.17. The summed E-state index contributed by atoms with van der Waals surface area (Å²) in [4.78, 5) is 4.67. The summed E-state index contributed by atoms with van der Waals surface area (Å²) in [6.07, 6.45) is 0.895. The van der Waals surface area contributed by atoms with Crippen molar-refractivity contribution in [2.24, 2.45) is 0 Å². The molecule has 0 bridgehead atoms. The zero-order valence-electron chi connectivity index (χ0n) is 11.0. The molecular weight excluding hydrogens is 282 g/mol. The molecule has 1 aromatic heterocycles. The molecule has 4 nitrogen and oxygen atoms in total. The highest BCUT2D eigenvalue weighted by Gasteiger charge is 2.15. The predicted octanol–water partition coefficient (Wildman–Crippen LogP) is 2.81. The maximum atomic E-state index is 12.2. The van der Waals surface area contributed by atoms with Crippen LogP contribution in [-0.4, -0.2) is 32.4 Å². The Bertz CT molecular complexity index is 662. The van der Waals surface area contributed by atoms with Gasteiger partial charge in [0.15, 0.2) is 9.84 Å². The van der Waals surface area contributed by atoms with E-state index >= 15 is 0 Å². The van der Waals surface area contributed by atoms with Crippen LogP contribution in [0.15, 0.2) is 23.1 Å². The fraction of sp³-hybridized carbons (Fsp3) is 0.462. The van der Waals surface area contributed by atoms with E-state index in [1.54, 1.807) is 18.2 Å². The quantitative estimate of drug-likeness (QED) is 0.770. The van der Waals surface area contributed by atoms with Crippen molar-refractivity contribution in [1.29, 1.82) is 0 Å². The van der Waals surface area contributed by atoms with Crippen molar-refractivity contribution in [1.82, 2.24) is 4.98 Å². The van der Waals surface area contributed by atoms with Gasteiger partial charge in [-0.3, -0.25) is 0 Å². The lowest BCUT2D eigenvalue weighted by atomic mass is 10.3. The molecule has 0 saturated carbocycles. The first kappa shape index (κ1) is 14.4. The molecular formula is C13H17NO3S2. The predicted molar refractivity (Wildman–Crippen MR) is 77.5 cm³/mol. The number of thiazole rings is 1. The monoisotopic (exact) mass is 299 g/mol. The van der Waals surface area contributed by atoms with Crippen LogP contribution >= 0.6 is 11.3 Å². The molecule has 0 spiro atoms. The number of fused-ring (bicyclic) bond motifs is 1. The summed E-state index contributed by atoms with van der Waals surface area (Å²) in [6, 6.07) is 5.09. The van der Waals surface area contributed by atoms with Crippen LogP contribution < -0.4 is 0 Å². The van der Waals surface area contributed by atoms with E-state index in [9.17, 15) is 8.42 Å². The lowest BCUT2D eigenvalue weighted by Crippen LogP contribution is -2.12. The molecule has 2 rings (SSSR count). The molecule has 0 amide bonds. The number of hydrogen-bond donors (Lipinski definition) is 0. The van der Waals surface area contributed by atoms with Crippen molar-refractivity contribution in [3.8, 4) is 0 Å². The van der Waals surface area contributed by atoms with Gasteiger partial charge in [0.25, 0.3) is 0 Å². The van der Waals surface area contributed by atoms with Gasteiger partial charge in [0.05, 0.1) is 32.5 Å². The third-order valence-electron chi connectivity index (χ3n) is 2.67. The highest BCUT2D eigenvalue weighted by atomic mass is 32.2. The molecule has 104 valence electrons. The molecule has 1 aromatic carbocycles. The average molecular weight is 299 g/mol. The van der Waals surface area contributed by atoms with Gasteiger partial charge in [-0.1, -0.05) is 6.92 Å². The van der Waals surface area contributed by atoms with Crippen LogP contribution in [-0.2, 0) is 14.6 Å². The van der Waals surface area contributed by atoms with Gasteiger partial charge in [-0.25, -0.2) is 13.4 Å². The SMILES string of the molecule is CCCOCCS(=O)(=O)c1ccc2nc(C)sc2c1. The van der Waals surface area contributed by atoms with Crippen molar-refractivity contribution in [3.05, 3.63) is 23.2 Å². The van der Waals surface area contributed by atoms with Gasteiger partial charge in [-0.15, -0.1) is 11.3 Å². The van der Waals surface area contributed by atoms with Crippen molar-refractivity contribution in [2.45, 2.75) is 25.2 Å². The molecule has 0 aliphatic heterocycles. The zero-order chi connectivity index (χ0) is 13.9. The van der Waals surface area contributed by atoms with Gasteiger partial charge in [0.2, 0.25) is 0 Å². The second kappa shape index (κ2) is 5.98. The number of aromatic nitrogens is 1. The third-order valence-corrected chi connectivity index (χ3v) is 5.28. The summed E-state index contributed by atoms with van der Waals surface area (Å²) in [5, 5.41) is 0.941. The molecule has 0 aliphatic carbocycles. The number of ether oxygens (including phenoxy) is 1. The highest BCUT2D eigenvalue weighted by Crippen LogP contribution is 2.25. The molecule has 0 N–H and O–H groups in total. The van der Waals surface area contributed by atoms with Crippen LogP contribution in [0.5, 0.6) is 0 Å². The number of aryl methyl sites for hydroxylation is 1. The largest absolute Gasteiger partial charge is 0.380 e. The minimum Gasteiger partial charge on any atom is -0.380 e. The van der Waals surface area contributed by atoms with E-state index in [-0.39, 0.29) is 12.4 Å². The van der Waals surface area contributed by atoms with Gasteiger partial charge in [0, 0.05) is 6.61 Å². The van der Waals surface area contributed by atoms with Crippen LogP contribution in [0.25, 0.3) is 10.2 Å². The van der Waals surface area contributed by atoms with Crippen LogP contribution in [0.1, 0.15) is 18.4 Å². The molecule has 2 aromatic rings. The van der Waals surface area contributed by atoms with Crippen LogP contribution in [0, 0.1) is 6.92 Å². The minimum absolute atomic E-state index is 0.0241. The Morgan fingerprint density at radius 1 is 1.32 bits per heavy atom. The smallest absolute Gasteiger partial charge is 0.180 e. The first-order valence-electron chi connectivity index (χ1n) is 6.20. The van der Waals surface area contributed by atoms with E-state index in [2.05, 4.69) is 4.98 Å². The van der Waals surface area contributed by atoms with Gasteiger partial charge < -0.3 is 4.74 Å². The maximum absolute atomic E-state index is 12.2. The molecule has 6 heteroatoms. The fourth-order valence-corrected chi connectivity index (χ4v) is 3.83. The van der Waals surface area contributed by atoms with Crippen molar-refractivity contribution in [3.63, 3.8) is 0 Å². The van der Waals surface area contributed by atoms with E-state index < -0.39 is 9.84 Å². The van der Waals surface area contributed by atoms with E-state index in [1.807, 2.05) is 13.8 Å². The molecule has 1 heterocycles. The Hall–Kier alpha value is -0.980. The topological polar surface area (TPSA) is 56.3 Å². The van der Waals surface area contributed by atoms with Gasteiger partial charge >= 0.3 is 0 Å². The molecule has 0 atom stereocenters. The molecule has 0 fully saturated rings. The first-order chi connectivity index (χ1) is 9.03. The molecule has 0 aliphatic rings. The first-order valence-corrected chi connectivity index (χ1v) is 8.67. The Kier molecular flexibility index (Phi) is 4.54. The van der Waals surface area contributed by atoms with Crippen molar-refractivity contribution < 1.29 is 13.2 Å². The average Bonchev–Trinajstić information content (AvgIpc) is 2.73. The summed E-state index contributed by atoms with van der Waals surface area (Å²) in [7, 11) is -3.27. The highest BCUT2D eigenvalue weighted by molar-refractivity contribution is 7.91. The minimum atomic E-state index is -3.27. The number of hydrogen-bond acceptors (Lipinski definition) is 5. The van der Waals surface area contributed by atoms with Crippen LogP contribution in [0.4, 0.5) is 0 Å². The lowest BCUT2D eigenvalue weighted by molar-refractivity contribution is 0.149. The Morgan fingerprint density at radius 3 is 2.84 bits per heavy atom. The number of benzene rings is 1.